The molecule has 2 aromatic carbocycles. The Morgan fingerprint density at radius 1 is 1.21 bits per heavy atom. The number of aromatic amines is 1. The Hall–Kier alpha value is -1.87. The van der Waals surface area contributed by atoms with Gasteiger partial charge in [0.2, 0.25) is 0 Å². The summed E-state index contributed by atoms with van der Waals surface area (Å²) in [6.07, 6.45) is 2.42. The Kier molecular flexibility index (Phi) is 2.35. The average Bonchev–Trinajstić information content (AvgIpc) is 3.06. The van der Waals surface area contributed by atoms with Crippen LogP contribution in [0.5, 0.6) is 0 Å². The molecule has 0 aliphatic carbocycles. The topological polar surface area (TPSA) is 40.7 Å². The minimum absolute atomic E-state index is 0.396. The lowest BCUT2D eigenvalue weighted by Crippen LogP contribution is -2.13. The van der Waals surface area contributed by atoms with Crippen LogP contribution >= 0.6 is 0 Å². The van der Waals surface area contributed by atoms with Crippen LogP contribution in [0.1, 0.15) is 30.3 Å². The van der Waals surface area contributed by atoms with Crippen LogP contribution in [0.25, 0.3) is 21.8 Å². The van der Waals surface area contributed by atoms with Gasteiger partial charge in [-0.05, 0) is 37.8 Å². The van der Waals surface area contributed by atoms with E-state index in [0.29, 0.717) is 6.04 Å². The first kappa shape index (κ1) is 11.0. The molecular weight excluding hydrogens is 234 g/mol. The molecule has 0 amide bonds. The molecule has 19 heavy (non-hydrogen) atoms. The number of fused-ring (bicyclic) bond motifs is 3. The highest BCUT2D eigenvalue weighted by molar-refractivity contribution is 6.04. The van der Waals surface area contributed by atoms with Gasteiger partial charge >= 0.3 is 0 Å². The van der Waals surface area contributed by atoms with E-state index in [4.69, 9.17) is 4.98 Å². The van der Waals surface area contributed by atoms with E-state index in [1.807, 2.05) is 0 Å². The van der Waals surface area contributed by atoms with Gasteiger partial charge < -0.3 is 10.3 Å². The summed E-state index contributed by atoms with van der Waals surface area (Å²) in [6.45, 7) is 3.23. The van der Waals surface area contributed by atoms with Crippen molar-refractivity contribution in [2.75, 3.05) is 6.54 Å². The number of hydrogen-bond donors (Lipinski definition) is 2. The lowest BCUT2D eigenvalue weighted by molar-refractivity contribution is 0.614. The molecule has 1 aromatic heterocycles. The highest BCUT2D eigenvalue weighted by atomic mass is 15.0. The molecule has 4 rings (SSSR count). The zero-order valence-electron chi connectivity index (χ0n) is 11.0. The fourth-order valence-corrected chi connectivity index (χ4v) is 3.02. The van der Waals surface area contributed by atoms with Gasteiger partial charge in [0.1, 0.15) is 5.82 Å². The lowest BCUT2D eigenvalue weighted by atomic mass is 10.1. The van der Waals surface area contributed by atoms with E-state index in [1.165, 1.54) is 29.2 Å². The minimum atomic E-state index is 0.396. The quantitative estimate of drug-likeness (QED) is 0.695. The standard InChI is InChI=1S/C16H17N3/c1-10-4-6-12-11(9-10)5-7-13-15(12)19-16(18-13)14-3-2-8-17-14/h4-7,9,14,17H,2-3,8H2,1H3,(H,18,19). The predicted octanol–water partition coefficient (Wildman–Crippen LogP) is 3.45. The number of nitrogens with zero attached hydrogens (tertiary/aromatic N) is 1. The molecule has 2 heterocycles. The van der Waals surface area contributed by atoms with E-state index in [9.17, 15) is 0 Å². The zero-order chi connectivity index (χ0) is 12.8. The number of aromatic nitrogens is 2. The second-order valence-electron chi connectivity index (χ2n) is 5.46. The largest absolute Gasteiger partial charge is 0.341 e. The molecule has 1 aliphatic heterocycles. The summed E-state index contributed by atoms with van der Waals surface area (Å²) in [4.78, 5) is 8.31. The summed E-state index contributed by atoms with van der Waals surface area (Å²) in [6, 6.07) is 11.3. The number of rotatable bonds is 1. The van der Waals surface area contributed by atoms with Crippen LogP contribution in [0.4, 0.5) is 0 Å². The van der Waals surface area contributed by atoms with Crippen LogP contribution in [-0.2, 0) is 0 Å². The van der Waals surface area contributed by atoms with Gasteiger partial charge in [0, 0.05) is 5.39 Å². The minimum Gasteiger partial charge on any atom is -0.341 e. The van der Waals surface area contributed by atoms with E-state index in [1.54, 1.807) is 0 Å². The Morgan fingerprint density at radius 2 is 2.16 bits per heavy atom. The van der Waals surface area contributed by atoms with E-state index in [2.05, 4.69) is 47.6 Å². The SMILES string of the molecule is Cc1ccc2c(ccc3[nH]c(C4CCCN4)nc32)c1. The molecule has 3 heteroatoms. The first-order chi connectivity index (χ1) is 9.31. The zero-order valence-corrected chi connectivity index (χ0v) is 11.0. The monoisotopic (exact) mass is 251 g/mol. The van der Waals surface area contributed by atoms with E-state index in [0.717, 1.165) is 23.4 Å². The number of nitrogens with one attached hydrogen (secondary N) is 2. The normalized spacial score (nSPS) is 19.5. The van der Waals surface area contributed by atoms with Gasteiger partial charge in [-0.1, -0.05) is 29.8 Å². The Bertz CT molecular complexity index is 751. The maximum atomic E-state index is 4.83. The second-order valence-corrected chi connectivity index (χ2v) is 5.46. The van der Waals surface area contributed by atoms with Crippen molar-refractivity contribution < 1.29 is 0 Å². The van der Waals surface area contributed by atoms with E-state index in [-0.39, 0.29) is 0 Å². The summed E-state index contributed by atoms with van der Waals surface area (Å²) in [5, 5.41) is 6.01. The average molecular weight is 251 g/mol. The van der Waals surface area contributed by atoms with Gasteiger partial charge in [0.05, 0.1) is 17.1 Å². The van der Waals surface area contributed by atoms with E-state index >= 15 is 0 Å². The summed E-state index contributed by atoms with van der Waals surface area (Å²) < 4.78 is 0. The van der Waals surface area contributed by atoms with Crippen LogP contribution in [0.15, 0.2) is 30.3 Å². The van der Waals surface area contributed by atoms with Gasteiger partial charge in [-0.25, -0.2) is 4.98 Å². The molecule has 2 N–H and O–H groups in total. The summed E-state index contributed by atoms with van der Waals surface area (Å²) in [7, 11) is 0. The van der Waals surface area contributed by atoms with Gasteiger partial charge in [-0.3, -0.25) is 0 Å². The summed E-state index contributed by atoms with van der Waals surface area (Å²) >= 11 is 0. The first-order valence-electron chi connectivity index (χ1n) is 6.94. The van der Waals surface area contributed by atoms with Crippen molar-refractivity contribution >= 4 is 21.8 Å². The lowest BCUT2D eigenvalue weighted by Gasteiger charge is -2.04. The molecule has 0 radical (unpaired) electrons. The smallest absolute Gasteiger partial charge is 0.124 e. The molecule has 1 saturated heterocycles. The number of aryl methyl sites for hydroxylation is 1. The van der Waals surface area contributed by atoms with Crippen LogP contribution < -0.4 is 5.32 Å². The third-order valence-corrected chi connectivity index (χ3v) is 4.03. The Balaban J connectivity index is 1.94. The first-order valence-corrected chi connectivity index (χ1v) is 6.94. The van der Waals surface area contributed by atoms with Crippen molar-refractivity contribution in [3.8, 4) is 0 Å². The van der Waals surface area contributed by atoms with Crippen molar-refractivity contribution in [2.24, 2.45) is 0 Å². The molecule has 1 atom stereocenters. The fourth-order valence-electron chi connectivity index (χ4n) is 3.02. The Labute approximate surface area is 112 Å². The summed E-state index contributed by atoms with van der Waals surface area (Å²) in [5.41, 5.74) is 3.53. The van der Waals surface area contributed by atoms with Crippen molar-refractivity contribution in [2.45, 2.75) is 25.8 Å². The predicted molar refractivity (Wildman–Crippen MR) is 78.3 cm³/mol. The maximum absolute atomic E-state index is 4.83. The number of hydrogen-bond acceptors (Lipinski definition) is 2. The third kappa shape index (κ3) is 1.73. The molecule has 0 spiro atoms. The fraction of sp³-hybridized carbons (Fsp3) is 0.312. The third-order valence-electron chi connectivity index (χ3n) is 4.03. The van der Waals surface area contributed by atoms with Gasteiger partial charge in [-0.15, -0.1) is 0 Å². The molecule has 96 valence electrons. The second kappa shape index (κ2) is 4.07. The van der Waals surface area contributed by atoms with Crippen LogP contribution in [0.2, 0.25) is 0 Å². The number of imidazole rings is 1. The van der Waals surface area contributed by atoms with Crippen LogP contribution in [0, 0.1) is 6.92 Å². The van der Waals surface area contributed by atoms with Crippen molar-refractivity contribution in [1.82, 2.24) is 15.3 Å². The Morgan fingerprint density at radius 3 is 3.00 bits per heavy atom. The highest BCUT2D eigenvalue weighted by Gasteiger charge is 2.19. The molecule has 0 saturated carbocycles. The maximum Gasteiger partial charge on any atom is 0.124 e. The highest BCUT2D eigenvalue weighted by Crippen LogP contribution is 2.28. The number of benzene rings is 2. The van der Waals surface area contributed by atoms with Gasteiger partial charge in [0.25, 0.3) is 0 Å². The van der Waals surface area contributed by atoms with Gasteiger partial charge in [-0.2, -0.15) is 0 Å². The summed E-state index contributed by atoms with van der Waals surface area (Å²) in [5.74, 6) is 1.08. The van der Waals surface area contributed by atoms with Crippen molar-refractivity contribution in [3.05, 3.63) is 41.7 Å². The van der Waals surface area contributed by atoms with Crippen molar-refractivity contribution in [1.29, 1.82) is 0 Å². The molecule has 1 fully saturated rings. The van der Waals surface area contributed by atoms with Crippen molar-refractivity contribution in [3.63, 3.8) is 0 Å². The molecular formula is C16H17N3. The molecule has 1 aliphatic rings. The molecule has 0 bridgehead atoms. The van der Waals surface area contributed by atoms with Crippen LogP contribution in [-0.4, -0.2) is 16.5 Å². The molecule has 1 unspecified atom stereocenters. The van der Waals surface area contributed by atoms with E-state index < -0.39 is 0 Å². The van der Waals surface area contributed by atoms with Gasteiger partial charge in [0.15, 0.2) is 0 Å². The molecule has 3 aromatic rings. The number of H-pyrrole nitrogens is 1. The molecule has 3 nitrogen and oxygen atoms in total. The van der Waals surface area contributed by atoms with Crippen LogP contribution in [0.3, 0.4) is 0 Å².